The van der Waals surface area contributed by atoms with Crippen LogP contribution in [0.3, 0.4) is 0 Å². The Bertz CT molecular complexity index is 958. The first-order valence-electron chi connectivity index (χ1n) is 8.27. The van der Waals surface area contributed by atoms with Crippen molar-refractivity contribution >= 4 is 11.6 Å². The molecule has 0 aliphatic heterocycles. The van der Waals surface area contributed by atoms with Crippen LogP contribution in [-0.4, -0.2) is 17.6 Å². The van der Waals surface area contributed by atoms with E-state index in [1.165, 1.54) is 10.6 Å². The van der Waals surface area contributed by atoms with Crippen LogP contribution in [0.2, 0.25) is 0 Å². The molecule has 3 aromatic rings. The van der Waals surface area contributed by atoms with E-state index in [4.69, 9.17) is 4.74 Å². The molecule has 1 aromatic heterocycles. The van der Waals surface area contributed by atoms with Gasteiger partial charge < -0.3 is 14.6 Å². The van der Waals surface area contributed by atoms with Gasteiger partial charge in [-0.05, 0) is 48.9 Å². The highest BCUT2D eigenvalue weighted by atomic mass is 16.5. The minimum Gasteiger partial charge on any atom is -0.497 e. The lowest BCUT2D eigenvalue weighted by Crippen LogP contribution is -2.29. The number of aromatic nitrogens is 1. The van der Waals surface area contributed by atoms with Gasteiger partial charge in [-0.25, -0.2) is 0 Å². The standard InChI is InChI=1S/C21H20N2O3/c1-15-5-7-16(8-6-15)14-23-13-3-4-19(21(23)25)20(24)22-17-9-11-18(26-2)12-10-17/h3-13H,14H2,1-2H3,(H,22,24). The molecular weight excluding hydrogens is 328 g/mol. The van der Waals surface area contributed by atoms with Crippen molar-refractivity contribution in [2.24, 2.45) is 0 Å². The second-order valence-electron chi connectivity index (χ2n) is 6.02. The van der Waals surface area contributed by atoms with Crippen molar-refractivity contribution in [1.29, 1.82) is 0 Å². The minimum atomic E-state index is -0.432. The van der Waals surface area contributed by atoms with E-state index in [0.29, 0.717) is 18.0 Å². The molecule has 0 saturated carbocycles. The van der Waals surface area contributed by atoms with Gasteiger partial charge in [-0.1, -0.05) is 29.8 Å². The summed E-state index contributed by atoms with van der Waals surface area (Å²) in [6.07, 6.45) is 1.69. The molecule has 0 aliphatic carbocycles. The van der Waals surface area contributed by atoms with Crippen LogP contribution in [0.25, 0.3) is 0 Å². The van der Waals surface area contributed by atoms with E-state index in [1.807, 2.05) is 31.2 Å². The molecule has 0 bridgehead atoms. The fourth-order valence-corrected chi connectivity index (χ4v) is 2.60. The number of pyridine rings is 1. The Labute approximate surface area is 151 Å². The van der Waals surface area contributed by atoms with Crippen molar-refractivity contribution in [1.82, 2.24) is 4.57 Å². The third-order valence-electron chi connectivity index (χ3n) is 4.09. The van der Waals surface area contributed by atoms with Crippen molar-refractivity contribution in [3.05, 3.63) is 93.9 Å². The number of amides is 1. The molecule has 0 atom stereocenters. The third-order valence-corrected chi connectivity index (χ3v) is 4.09. The summed E-state index contributed by atoms with van der Waals surface area (Å²) in [4.78, 5) is 25.1. The molecule has 5 nitrogen and oxygen atoms in total. The van der Waals surface area contributed by atoms with Gasteiger partial charge in [0, 0.05) is 11.9 Å². The van der Waals surface area contributed by atoms with Crippen LogP contribution < -0.4 is 15.6 Å². The zero-order chi connectivity index (χ0) is 18.5. The quantitative estimate of drug-likeness (QED) is 0.768. The highest BCUT2D eigenvalue weighted by Gasteiger charge is 2.12. The number of aryl methyl sites for hydroxylation is 1. The van der Waals surface area contributed by atoms with Crippen molar-refractivity contribution in [2.75, 3.05) is 12.4 Å². The first-order valence-corrected chi connectivity index (χ1v) is 8.27. The molecular formula is C21H20N2O3. The summed E-state index contributed by atoms with van der Waals surface area (Å²) in [6.45, 7) is 2.43. The summed E-state index contributed by atoms with van der Waals surface area (Å²) in [7, 11) is 1.58. The lowest BCUT2D eigenvalue weighted by atomic mass is 10.1. The lowest BCUT2D eigenvalue weighted by Gasteiger charge is -2.09. The first-order chi connectivity index (χ1) is 12.6. The number of hydrogen-bond donors (Lipinski definition) is 1. The predicted molar refractivity (Wildman–Crippen MR) is 102 cm³/mol. The van der Waals surface area contributed by atoms with Crippen LogP contribution >= 0.6 is 0 Å². The monoisotopic (exact) mass is 348 g/mol. The summed E-state index contributed by atoms with van der Waals surface area (Å²) < 4.78 is 6.63. The molecule has 2 aromatic carbocycles. The van der Waals surface area contributed by atoms with Crippen LogP contribution in [-0.2, 0) is 6.54 Å². The van der Waals surface area contributed by atoms with Crippen molar-refractivity contribution in [3.8, 4) is 5.75 Å². The normalized spacial score (nSPS) is 10.4. The van der Waals surface area contributed by atoms with E-state index in [2.05, 4.69) is 5.32 Å². The molecule has 0 fully saturated rings. The highest BCUT2D eigenvalue weighted by molar-refractivity contribution is 6.04. The van der Waals surface area contributed by atoms with Crippen molar-refractivity contribution in [2.45, 2.75) is 13.5 Å². The third kappa shape index (κ3) is 4.00. The Balaban J connectivity index is 1.80. The van der Waals surface area contributed by atoms with E-state index < -0.39 is 5.91 Å². The Morgan fingerprint density at radius 1 is 1.04 bits per heavy atom. The number of ether oxygens (including phenoxy) is 1. The van der Waals surface area contributed by atoms with E-state index in [9.17, 15) is 9.59 Å². The maximum absolute atomic E-state index is 12.7. The van der Waals surface area contributed by atoms with E-state index in [0.717, 1.165) is 11.1 Å². The molecule has 0 radical (unpaired) electrons. The fraction of sp³-hybridized carbons (Fsp3) is 0.143. The summed E-state index contributed by atoms with van der Waals surface area (Å²) >= 11 is 0. The van der Waals surface area contributed by atoms with E-state index >= 15 is 0 Å². The number of anilines is 1. The number of methoxy groups -OCH3 is 1. The van der Waals surface area contributed by atoms with Gasteiger partial charge in [0.05, 0.1) is 13.7 Å². The van der Waals surface area contributed by atoms with Crippen LogP contribution in [0.4, 0.5) is 5.69 Å². The average molecular weight is 348 g/mol. The van der Waals surface area contributed by atoms with Crippen LogP contribution in [0.1, 0.15) is 21.5 Å². The van der Waals surface area contributed by atoms with Gasteiger partial charge >= 0.3 is 0 Å². The average Bonchev–Trinajstić information content (AvgIpc) is 2.66. The Kier molecular flexibility index (Phi) is 5.17. The molecule has 132 valence electrons. The Hall–Kier alpha value is -3.34. The highest BCUT2D eigenvalue weighted by Crippen LogP contribution is 2.15. The van der Waals surface area contributed by atoms with Gasteiger partial charge in [0.1, 0.15) is 11.3 Å². The molecule has 0 saturated heterocycles. The summed E-state index contributed by atoms with van der Waals surface area (Å²) in [5.74, 6) is 0.265. The number of nitrogens with zero attached hydrogens (tertiary/aromatic N) is 1. The molecule has 1 heterocycles. The topological polar surface area (TPSA) is 60.3 Å². The summed E-state index contributed by atoms with van der Waals surface area (Å²) in [5.41, 5.74) is 2.55. The number of carbonyl (C=O) groups is 1. The van der Waals surface area contributed by atoms with Gasteiger partial charge in [-0.3, -0.25) is 9.59 Å². The fourth-order valence-electron chi connectivity index (χ4n) is 2.60. The van der Waals surface area contributed by atoms with Crippen LogP contribution in [0, 0.1) is 6.92 Å². The zero-order valence-electron chi connectivity index (χ0n) is 14.7. The molecule has 1 amide bonds. The molecule has 3 rings (SSSR count). The van der Waals surface area contributed by atoms with Crippen molar-refractivity contribution in [3.63, 3.8) is 0 Å². The maximum atomic E-state index is 12.7. The Morgan fingerprint density at radius 2 is 1.73 bits per heavy atom. The van der Waals surface area contributed by atoms with Crippen LogP contribution in [0.15, 0.2) is 71.7 Å². The Morgan fingerprint density at radius 3 is 2.38 bits per heavy atom. The minimum absolute atomic E-state index is 0.107. The molecule has 5 heteroatoms. The number of rotatable bonds is 5. The molecule has 0 aliphatic rings. The molecule has 26 heavy (non-hydrogen) atoms. The van der Waals surface area contributed by atoms with Gasteiger partial charge in [-0.15, -0.1) is 0 Å². The SMILES string of the molecule is COc1ccc(NC(=O)c2cccn(Cc3ccc(C)cc3)c2=O)cc1. The van der Waals surface area contributed by atoms with E-state index in [-0.39, 0.29) is 11.1 Å². The second kappa shape index (κ2) is 7.70. The zero-order valence-corrected chi connectivity index (χ0v) is 14.7. The first kappa shape index (κ1) is 17.5. The predicted octanol–water partition coefficient (Wildman–Crippen LogP) is 3.47. The summed E-state index contributed by atoms with van der Waals surface area (Å²) in [5, 5.41) is 2.74. The number of benzene rings is 2. The van der Waals surface area contributed by atoms with E-state index in [1.54, 1.807) is 43.6 Å². The molecule has 1 N–H and O–H groups in total. The van der Waals surface area contributed by atoms with Crippen molar-refractivity contribution < 1.29 is 9.53 Å². The largest absolute Gasteiger partial charge is 0.497 e. The van der Waals surface area contributed by atoms with Gasteiger partial charge in [0.25, 0.3) is 11.5 Å². The number of carbonyl (C=O) groups excluding carboxylic acids is 1. The number of nitrogens with one attached hydrogen (secondary N) is 1. The maximum Gasteiger partial charge on any atom is 0.263 e. The number of hydrogen-bond acceptors (Lipinski definition) is 3. The van der Waals surface area contributed by atoms with Gasteiger partial charge in [0.2, 0.25) is 0 Å². The molecule has 0 spiro atoms. The second-order valence-corrected chi connectivity index (χ2v) is 6.02. The van der Waals surface area contributed by atoms with Gasteiger partial charge in [-0.2, -0.15) is 0 Å². The lowest BCUT2D eigenvalue weighted by molar-refractivity contribution is 0.102. The van der Waals surface area contributed by atoms with Gasteiger partial charge in [0.15, 0.2) is 0 Å². The van der Waals surface area contributed by atoms with Crippen LogP contribution in [0.5, 0.6) is 5.75 Å². The molecule has 0 unspecified atom stereocenters. The summed E-state index contributed by atoms with van der Waals surface area (Å²) in [6, 6.07) is 18.1. The smallest absolute Gasteiger partial charge is 0.263 e.